The van der Waals surface area contributed by atoms with E-state index in [9.17, 15) is 9.18 Å². The van der Waals surface area contributed by atoms with Gasteiger partial charge in [-0.15, -0.1) is 0 Å². The normalized spacial score (nSPS) is 14.4. The lowest BCUT2D eigenvalue weighted by atomic mass is 10.1. The average Bonchev–Trinajstić information content (AvgIpc) is 2.08. The number of hydrogen-bond acceptors (Lipinski definition) is 3. The zero-order chi connectivity index (χ0) is 9.42. The van der Waals surface area contributed by atoms with E-state index >= 15 is 0 Å². The van der Waals surface area contributed by atoms with Crippen LogP contribution in [0, 0.1) is 5.82 Å². The largest absolute Gasteiger partial charge is 0.396 e. The lowest BCUT2D eigenvalue weighted by Gasteiger charge is -2.16. The molecule has 0 aliphatic carbocycles. The first-order valence-electron chi connectivity index (χ1n) is 3.70. The lowest BCUT2D eigenvalue weighted by Crippen LogP contribution is -2.33. The molecule has 4 nitrogen and oxygen atoms in total. The molecule has 1 aromatic rings. The first-order valence-corrected chi connectivity index (χ1v) is 3.70. The minimum absolute atomic E-state index is 0.0250. The molecule has 0 saturated carbocycles. The van der Waals surface area contributed by atoms with Gasteiger partial charge in [-0.25, -0.2) is 4.39 Å². The Balaban J connectivity index is 2.49. The molecule has 3 N–H and O–H groups in total. The molecule has 0 saturated heterocycles. The van der Waals surface area contributed by atoms with Crippen molar-refractivity contribution in [3.63, 3.8) is 0 Å². The highest BCUT2D eigenvalue weighted by Gasteiger charge is 2.18. The van der Waals surface area contributed by atoms with Gasteiger partial charge in [-0.1, -0.05) is 0 Å². The minimum Gasteiger partial charge on any atom is -0.396 e. The van der Waals surface area contributed by atoms with E-state index in [1.165, 1.54) is 6.07 Å². The maximum atomic E-state index is 12.9. The molecule has 0 atom stereocenters. The minimum atomic E-state index is -0.546. The Morgan fingerprint density at radius 1 is 1.54 bits per heavy atom. The van der Waals surface area contributed by atoms with Crippen LogP contribution in [-0.4, -0.2) is 5.91 Å². The highest BCUT2D eigenvalue weighted by Crippen LogP contribution is 2.26. The van der Waals surface area contributed by atoms with Crippen LogP contribution in [0.5, 0.6) is 5.75 Å². The van der Waals surface area contributed by atoms with Crippen molar-refractivity contribution in [3.8, 4) is 5.75 Å². The second-order valence-electron chi connectivity index (χ2n) is 2.79. The quantitative estimate of drug-likeness (QED) is 0.570. The SMILES string of the molecule is Nc1cc2c(cc1F)ONC(=O)C2. The van der Waals surface area contributed by atoms with E-state index in [2.05, 4.69) is 5.48 Å². The summed E-state index contributed by atoms with van der Waals surface area (Å²) >= 11 is 0. The first-order chi connectivity index (χ1) is 6.16. The summed E-state index contributed by atoms with van der Waals surface area (Å²) < 4.78 is 12.9. The highest BCUT2D eigenvalue weighted by molar-refractivity contribution is 5.80. The molecule has 68 valence electrons. The summed E-state index contributed by atoms with van der Waals surface area (Å²) in [6, 6.07) is 2.56. The Morgan fingerprint density at radius 3 is 3.08 bits per heavy atom. The van der Waals surface area contributed by atoms with Crippen LogP contribution in [-0.2, 0) is 11.2 Å². The smallest absolute Gasteiger partial charge is 0.257 e. The lowest BCUT2D eigenvalue weighted by molar-refractivity contribution is -0.128. The predicted octanol–water partition coefficient (Wildman–Crippen LogP) is 0.374. The van der Waals surface area contributed by atoms with Crippen molar-refractivity contribution >= 4 is 11.6 Å². The fourth-order valence-electron chi connectivity index (χ4n) is 1.17. The molecule has 0 unspecified atom stereocenters. The molecule has 0 bridgehead atoms. The van der Waals surface area contributed by atoms with Crippen LogP contribution in [0.4, 0.5) is 10.1 Å². The average molecular weight is 182 g/mol. The van der Waals surface area contributed by atoms with Gasteiger partial charge in [0.1, 0.15) is 5.82 Å². The van der Waals surface area contributed by atoms with Gasteiger partial charge < -0.3 is 10.6 Å². The molecule has 1 heterocycles. The summed E-state index contributed by atoms with van der Waals surface area (Å²) in [5.41, 5.74) is 8.09. The number of fused-ring (bicyclic) bond motifs is 1. The molecule has 1 aliphatic rings. The third kappa shape index (κ3) is 1.28. The number of halogens is 1. The van der Waals surface area contributed by atoms with Crippen molar-refractivity contribution in [2.45, 2.75) is 6.42 Å². The number of nitrogens with two attached hydrogens (primary N) is 1. The molecular weight excluding hydrogens is 175 g/mol. The number of benzene rings is 1. The van der Waals surface area contributed by atoms with Gasteiger partial charge in [-0.05, 0) is 6.07 Å². The van der Waals surface area contributed by atoms with Gasteiger partial charge in [0.15, 0.2) is 5.75 Å². The number of nitrogen functional groups attached to an aromatic ring is 1. The number of nitrogens with one attached hydrogen (secondary N) is 1. The van der Waals surface area contributed by atoms with E-state index in [0.29, 0.717) is 11.3 Å². The van der Waals surface area contributed by atoms with E-state index in [4.69, 9.17) is 10.6 Å². The number of hydrogen-bond donors (Lipinski definition) is 2. The highest BCUT2D eigenvalue weighted by atomic mass is 19.1. The number of carbonyl (C=O) groups excluding carboxylic acids is 1. The number of carbonyl (C=O) groups is 1. The van der Waals surface area contributed by atoms with E-state index in [0.717, 1.165) is 6.07 Å². The maximum Gasteiger partial charge on any atom is 0.257 e. The van der Waals surface area contributed by atoms with Crippen LogP contribution >= 0.6 is 0 Å². The van der Waals surface area contributed by atoms with Crippen LogP contribution in [0.3, 0.4) is 0 Å². The molecule has 0 radical (unpaired) electrons. The molecule has 0 spiro atoms. The van der Waals surface area contributed by atoms with E-state index in [1.807, 2.05) is 0 Å². The van der Waals surface area contributed by atoms with Gasteiger partial charge in [-0.2, -0.15) is 5.48 Å². The molecule has 5 heteroatoms. The van der Waals surface area contributed by atoms with Crippen molar-refractivity contribution in [3.05, 3.63) is 23.5 Å². The summed E-state index contributed by atoms with van der Waals surface area (Å²) in [7, 11) is 0. The number of anilines is 1. The van der Waals surface area contributed by atoms with Gasteiger partial charge in [0.25, 0.3) is 5.91 Å². The zero-order valence-corrected chi connectivity index (χ0v) is 6.63. The topological polar surface area (TPSA) is 64.3 Å². The Hall–Kier alpha value is -1.78. The third-order valence-corrected chi connectivity index (χ3v) is 1.81. The second kappa shape index (κ2) is 2.62. The Morgan fingerprint density at radius 2 is 2.31 bits per heavy atom. The Bertz CT molecular complexity index is 379. The summed E-state index contributed by atoms with van der Waals surface area (Å²) in [4.78, 5) is 15.6. The standard InChI is InChI=1S/C8H7FN2O2/c9-5-3-7-4(1-6(5)10)2-8(12)11-13-7/h1,3H,2,10H2,(H,11,12). The van der Waals surface area contributed by atoms with Crippen molar-refractivity contribution < 1.29 is 14.0 Å². The maximum absolute atomic E-state index is 12.9. The van der Waals surface area contributed by atoms with Crippen molar-refractivity contribution in [1.29, 1.82) is 0 Å². The summed E-state index contributed by atoms with van der Waals surface area (Å²) in [5.74, 6) is -0.500. The fraction of sp³-hybridized carbons (Fsp3) is 0.125. The van der Waals surface area contributed by atoms with Crippen molar-refractivity contribution in [1.82, 2.24) is 5.48 Å². The van der Waals surface area contributed by atoms with E-state index < -0.39 is 5.82 Å². The van der Waals surface area contributed by atoms with Crippen LogP contribution in [0.1, 0.15) is 5.56 Å². The second-order valence-corrected chi connectivity index (χ2v) is 2.79. The molecule has 13 heavy (non-hydrogen) atoms. The molecule has 2 rings (SSSR count). The fourth-order valence-corrected chi connectivity index (χ4v) is 1.17. The van der Waals surface area contributed by atoms with Gasteiger partial charge in [-0.3, -0.25) is 4.79 Å². The molecular formula is C8H7FN2O2. The van der Waals surface area contributed by atoms with Gasteiger partial charge >= 0.3 is 0 Å². The van der Waals surface area contributed by atoms with Crippen LogP contribution in [0.25, 0.3) is 0 Å². The third-order valence-electron chi connectivity index (χ3n) is 1.81. The predicted molar refractivity (Wildman–Crippen MR) is 43.3 cm³/mol. The number of amides is 1. The van der Waals surface area contributed by atoms with Crippen LogP contribution < -0.4 is 16.1 Å². The molecule has 1 aliphatic heterocycles. The van der Waals surface area contributed by atoms with Crippen LogP contribution in [0.15, 0.2) is 12.1 Å². The van der Waals surface area contributed by atoms with E-state index in [1.54, 1.807) is 0 Å². The number of hydroxylamine groups is 1. The summed E-state index contributed by atoms with van der Waals surface area (Å²) in [5, 5.41) is 0. The molecule has 0 aromatic heterocycles. The van der Waals surface area contributed by atoms with Crippen LogP contribution in [0.2, 0.25) is 0 Å². The van der Waals surface area contributed by atoms with Crippen molar-refractivity contribution in [2.75, 3.05) is 5.73 Å². The van der Waals surface area contributed by atoms with Crippen molar-refractivity contribution in [2.24, 2.45) is 0 Å². The van der Waals surface area contributed by atoms with Gasteiger partial charge in [0.05, 0.1) is 12.1 Å². The monoisotopic (exact) mass is 182 g/mol. The molecule has 1 aromatic carbocycles. The molecule has 0 fully saturated rings. The summed E-state index contributed by atoms with van der Waals surface area (Å²) in [6.45, 7) is 0. The Labute approximate surface area is 73.4 Å². The molecule has 1 amide bonds. The Kier molecular flexibility index (Phi) is 1.58. The van der Waals surface area contributed by atoms with Gasteiger partial charge in [0.2, 0.25) is 0 Å². The zero-order valence-electron chi connectivity index (χ0n) is 6.63. The first kappa shape index (κ1) is 7.85. The van der Waals surface area contributed by atoms with E-state index in [-0.39, 0.29) is 18.0 Å². The number of rotatable bonds is 0. The van der Waals surface area contributed by atoms with Gasteiger partial charge in [0, 0.05) is 11.6 Å². The summed E-state index contributed by atoms with van der Waals surface area (Å²) in [6.07, 6.45) is 0.166.